The molecule has 0 bridgehead atoms. The van der Waals surface area contributed by atoms with Crippen LogP contribution in [0.25, 0.3) is 0 Å². The van der Waals surface area contributed by atoms with E-state index in [4.69, 9.17) is 0 Å². The zero-order valence-electron chi connectivity index (χ0n) is 17.4. The number of alkyl halides is 3. The molecule has 0 radical (unpaired) electrons. The molecule has 0 saturated carbocycles. The third-order valence-electron chi connectivity index (χ3n) is 4.54. The molecule has 0 fully saturated rings. The normalized spacial score (nSPS) is 13.8. The quantitative estimate of drug-likeness (QED) is 0.255. The number of benzene rings is 1. The van der Waals surface area contributed by atoms with E-state index in [9.17, 15) is 18.0 Å². The molecule has 2 atom stereocenters. The summed E-state index contributed by atoms with van der Waals surface area (Å²) in [7, 11) is 1.63. The molecular weight excluding hydrogens is 496 g/mol. The second-order valence-electron chi connectivity index (χ2n) is 6.87. The van der Waals surface area contributed by atoms with Gasteiger partial charge in [0.05, 0.1) is 5.56 Å². The molecule has 0 spiro atoms. The van der Waals surface area contributed by atoms with Crippen LogP contribution < -0.4 is 16.0 Å². The Balaban J connectivity index is 0.00000784. The lowest BCUT2D eigenvalue weighted by Crippen LogP contribution is -2.40. The Morgan fingerprint density at radius 1 is 1.17 bits per heavy atom. The number of nitrogens with zero attached hydrogens (tertiary/aromatic N) is 1. The summed E-state index contributed by atoms with van der Waals surface area (Å²) in [6.45, 7) is 6.86. The molecule has 1 aromatic rings. The van der Waals surface area contributed by atoms with Crippen LogP contribution in [0.3, 0.4) is 0 Å². The van der Waals surface area contributed by atoms with Crippen molar-refractivity contribution in [3.8, 4) is 0 Å². The van der Waals surface area contributed by atoms with Crippen LogP contribution >= 0.6 is 24.0 Å². The van der Waals surface area contributed by atoms with Crippen LogP contribution in [-0.2, 0) is 11.0 Å². The van der Waals surface area contributed by atoms with Crippen molar-refractivity contribution in [2.75, 3.05) is 20.1 Å². The number of nitrogens with one attached hydrogen (secondary N) is 3. The number of guanidine groups is 1. The van der Waals surface area contributed by atoms with Crippen LogP contribution in [0.4, 0.5) is 13.2 Å². The van der Waals surface area contributed by atoms with Crippen molar-refractivity contribution in [3.63, 3.8) is 0 Å². The molecule has 0 aliphatic carbocycles. The zero-order valence-corrected chi connectivity index (χ0v) is 19.7. The SMILES string of the molecule is CCC(C)NC(=O)CCNC(=NC)NCCC(C)c1cccc(C(F)(F)F)c1.I. The van der Waals surface area contributed by atoms with E-state index in [2.05, 4.69) is 20.9 Å². The molecule has 1 aromatic carbocycles. The average Bonchev–Trinajstić information content (AvgIpc) is 2.65. The molecule has 3 N–H and O–H groups in total. The summed E-state index contributed by atoms with van der Waals surface area (Å²) in [5.41, 5.74) is 0.0271. The van der Waals surface area contributed by atoms with E-state index in [1.54, 1.807) is 13.1 Å². The van der Waals surface area contributed by atoms with Gasteiger partial charge in [0.15, 0.2) is 5.96 Å². The van der Waals surface area contributed by atoms with Crippen LogP contribution in [-0.4, -0.2) is 38.0 Å². The number of amides is 1. The topological polar surface area (TPSA) is 65.5 Å². The third-order valence-corrected chi connectivity index (χ3v) is 4.54. The molecule has 0 aromatic heterocycles. The number of carbonyl (C=O) groups excluding carboxylic acids is 1. The van der Waals surface area contributed by atoms with Gasteiger partial charge in [0, 0.05) is 32.6 Å². The zero-order chi connectivity index (χ0) is 21.2. The highest BCUT2D eigenvalue weighted by Crippen LogP contribution is 2.31. The van der Waals surface area contributed by atoms with Crippen molar-refractivity contribution >= 4 is 35.8 Å². The first-order chi connectivity index (χ1) is 13.2. The Labute approximate surface area is 188 Å². The maximum atomic E-state index is 12.8. The van der Waals surface area contributed by atoms with Gasteiger partial charge in [0.2, 0.25) is 5.91 Å². The molecule has 5 nitrogen and oxygen atoms in total. The molecular formula is C20H32F3IN4O. The van der Waals surface area contributed by atoms with Crippen LogP contribution in [0.1, 0.15) is 57.1 Å². The monoisotopic (exact) mass is 528 g/mol. The summed E-state index contributed by atoms with van der Waals surface area (Å²) < 4.78 is 38.5. The third kappa shape index (κ3) is 10.7. The average molecular weight is 528 g/mol. The predicted molar refractivity (Wildman–Crippen MR) is 122 cm³/mol. The van der Waals surface area contributed by atoms with E-state index >= 15 is 0 Å². The van der Waals surface area contributed by atoms with Gasteiger partial charge in [0.1, 0.15) is 0 Å². The van der Waals surface area contributed by atoms with Gasteiger partial charge < -0.3 is 16.0 Å². The number of aliphatic imine (C=N–C) groups is 1. The van der Waals surface area contributed by atoms with Gasteiger partial charge in [-0.05, 0) is 37.3 Å². The van der Waals surface area contributed by atoms with Gasteiger partial charge >= 0.3 is 6.18 Å². The van der Waals surface area contributed by atoms with Gasteiger partial charge in [0.25, 0.3) is 0 Å². The molecule has 0 aliphatic rings. The van der Waals surface area contributed by atoms with E-state index in [0.29, 0.717) is 37.5 Å². The minimum absolute atomic E-state index is 0. The lowest BCUT2D eigenvalue weighted by atomic mass is 9.96. The first kappa shape index (κ1) is 27.5. The number of hydrogen-bond acceptors (Lipinski definition) is 2. The Hall–Kier alpha value is -1.52. The van der Waals surface area contributed by atoms with E-state index in [0.717, 1.165) is 12.5 Å². The van der Waals surface area contributed by atoms with E-state index in [1.165, 1.54) is 12.1 Å². The van der Waals surface area contributed by atoms with E-state index < -0.39 is 11.7 Å². The van der Waals surface area contributed by atoms with Crippen molar-refractivity contribution in [1.29, 1.82) is 0 Å². The predicted octanol–water partition coefficient (Wildman–Crippen LogP) is 4.29. The lowest BCUT2D eigenvalue weighted by molar-refractivity contribution is -0.137. The van der Waals surface area contributed by atoms with Gasteiger partial charge in [-0.1, -0.05) is 32.0 Å². The smallest absolute Gasteiger partial charge is 0.356 e. The van der Waals surface area contributed by atoms with Crippen molar-refractivity contribution in [3.05, 3.63) is 35.4 Å². The molecule has 29 heavy (non-hydrogen) atoms. The minimum Gasteiger partial charge on any atom is -0.356 e. The fourth-order valence-corrected chi connectivity index (χ4v) is 2.56. The Morgan fingerprint density at radius 2 is 1.83 bits per heavy atom. The van der Waals surface area contributed by atoms with Crippen molar-refractivity contribution in [2.45, 2.75) is 58.2 Å². The molecule has 2 unspecified atom stereocenters. The lowest BCUT2D eigenvalue weighted by Gasteiger charge is -2.17. The highest BCUT2D eigenvalue weighted by molar-refractivity contribution is 14.0. The summed E-state index contributed by atoms with van der Waals surface area (Å²) in [6, 6.07) is 5.59. The standard InChI is InChI=1S/C20H31F3N4O.HI/c1-5-15(3)27-18(28)10-12-26-19(24-4)25-11-9-14(2)16-7-6-8-17(13-16)20(21,22)23;/h6-8,13-15H,5,9-12H2,1-4H3,(H,27,28)(H2,24,25,26);1H. The molecule has 0 heterocycles. The van der Waals surface area contributed by atoms with Gasteiger partial charge in [-0.15, -0.1) is 24.0 Å². The number of rotatable bonds is 9. The van der Waals surface area contributed by atoms with E-state index in [1.807, 2.05) is 20.8 Å². The number of carbonyl (C=O) groups is 1. The van der Waals surface area contributed by atoms with Crippen LogP contribution in [0.5, 0.6) is 0 Å². The summed E-state index contributed by atoms with van der Waals surface area (Å²) in [5.74, 6) is 0.511. The molecule has 1 rings (SSSR count). The summed E-state index contributed by atoms with van der Waals surface area (Å²) in [4.78, 5) is 15.8. The first-order valence-electron chi connectivity index (χ1n) is 9.58. The molecule has 166 valence electrons. The van der Waals surface area contributed by atoms with Crippen molar-refractivity contribution in [2.24, 2.45) is 4.99 Å². The summed E-state index contributed by atoms with van der Waals surface area (Å²) in [6.07, 6.45) is -2.46. The fourth-order valence-electron chi connectivity index (χ4n) is 2.56. The number of hydrogen-bond donors (Lipinski definition) is 3. The molecule has 9 heteroatoms. The number of halogens is 4. The van der Waals surface area contributed by atoms with Gasteiger partial charge in [-0.2, -0.15) is 13.2 Å². The highest BCUT2D eigenvalue weighted by Gasteiger charge is 2.30. The fraction of sp³-hybridized carbons (Fsp3) is 0.600. The minimum atomic E-state index is -4.33. The summed E-state index contributed by atoms with van der Waals surface area (Å²) >= 11 is 0. The first-order valence-corrected chi connectivity index (χ1v) is 9.58. The Morgan fingerprint density at radius 3 is 2.41 bits per heavy atom. The van der Waals surface area contributed by atoms with Gasteiger partial charge in [-0.3, -0.25) is 9.79 Å². The van der Waals surface area contributed by atoms with Crippen LogP contribution in [0.2, 0.25) is 0 Å². The van der Waals surface area contributed by atoms with Gasteiger partial charge in [-0.25, -0.2) is 0 Å². The Kier molecular flexibility index (Phi) is 12.9. The molecule has 0 saturated heterocycles. The van der Waals surface area contributed by atoms with E-state index in [-0.39, 0.29) is 41.8 Å². The van der Waals surface area contributed by atoms with Crippen LogP contribution in [0.15, 0.2) is 29.3 Å². The van der Waals surface area contributed by atoms with Crippen LogP contribution in [0, 0.1) is 0 Å². The second kappa shape index (κ2) is 13.7. The molecule has 0 aliphatic heterocycles. The summed E-state index contributed by atoms with van der Waals surface area (Å²) in [5, 5.41) is 9.08. The van der Waals surface area contributed by atoms with Crippen molar-refractivity contribution in [1.82, 2.24) is 16.0 Å². The maximum absolute atomic E-state index is 12.8. The molecule has 1 amide bonds. The Bertz CT molecular complexity index is 653. The maximum Gasteiger partial charge on any atom is 0.416 e. The highest BCUT2D eigenvalue weighted by atomic mass is 127. The van der Waals surface area contributed by atoms with Crippen molar-refractivity contribution < 1.29 is 18.0 Å². The largest absolute Gasteiger partial charge is 0.416 e. The second-order valence-corrected chi connectivity index (χ2v) is 6.87.